The molecule has 0 spiro atoms. The second-order valence-electron chi connectivity index (χ2n) is 8.62. The molecule has 0 radical (unpaired) electrons. The summed E-state index contributed by atoms with van der Waals surface area (Å²) >= 11 is 18.6. The Balaban J connectivity index is 1.54. The lowest BCUT2D eigenvalue weighted by Crippen LogP contribution is -2.75. The van der Waals surface area contributed by atoms with Crippen molar-refractivity contribution in [3.63, 3.8) is 0 Å². The molecule has 3 unspecified atom stereocenters. The fourth-order valence-electron chi connectivity index (χ4n) is 4.74. The Morgan fingerprint density at radius 2 is 1.72 bits per heavy atom. The van der Waals surface area contributed by atoms with E-state index in [1.165, 1.54) is 12.8 Å². The van der Waals surface area contributed by atoms with Gasteiger partial charge >= 0.3 is 5.97 Å². The Hall–Kier alpha value is 0.140. The van der Waals surface area contributed by atoms with Crippen LogP contribution >= 0.6 is 34.8 Å². The summed E-state index contributed by atoms with van der Waals surface area (Å²) < 4.78 is -1.48. The Bertz CT molecular complexity index is 534. The highest BCUT2D eigenvalue weighted by Gasteiger charge is 2.42. The highest BCUT2D eigenvalue weighted by molar-refractivity contribution is 6.68. The molecule has 0 aromatic rings. The number of likely N-dealkylation sites (tertiary alicyclic amines) is 1. The smallest absolute Gasteiger partial charge is 0.306 e. The van der Waals surface area contributed by atoms with Crippen LogP contribution in [0, 0.1) is 17.8 Å². The van der Waals surface area contributed by atoms with Crippen molar-refractivity contribution in [1.29, 1.82) is 0 Å². The molecule has 3 aliphatic rings. The first-order chi connectivity index (χ1) is 13.8. The second-order valence-corrected chi connectivity index (χ2v) is 11.0. The lowest BCUT2D eigenvalue weighted by atomic mass is 9.80. The largest absolute Gasteiger partial charge is 0.481 e. The van der Waals surface area contributed by atoms with Crippen LogP contribution in [-0.4, -0.2) is 64.6 Å². The number of carbonyl (C=O) groups is 1. The average molecular weight is 471 g/mol. The number of aliphatic carboxylic acids is 1. The third-order valence-corrected chi connectivity index (χ3v) is 7.37. The molecule has 2 heterocycles. The van der Waals surface area contributed by atoms with Gasteiger partial charge in [-0.3, -0.25) is 26.1 Å². The van der Waals surface area contributed by atoms with Gasteiger partial charge in [-0.1, -0.05) is 41.7 Å². The van der Waals surface area contributed by atoms with Crippen LogP contribution in [0.4, 0.5) is 0 Å². The van der Waals surface area contributed by atoms with Crippen LogP contribution in [-0.2, 0) is 4.79 Å². The number of hydrogen-bond acceptors (Lipinski definition) is 6. The molecule has 2 saturated heterocycles. The van der Waals surface area contributed by atoms with Crippen LogP contribution in [0.2, 0.25) is 0 Å². The van der Waals surface area contributed by atoms with Gasteiger partial charge in [-0.25, -0.2) is 0 Å². The van der Waals surface area contributed by atoms with Gasteiger partial charge in [-0.15, -0.1) is 0 Å². The first-order valence-corrected chi connectivity index (χ1v) is 11.9. The minimum absolute atomic E-state index is 0.0361. The van der Waals surface area contributed by atoms with Gasteiger partial charge in [-0.05, 0) is 70.0 Å². The number of rotatable bonds is 6. The first-order valence-electron chi connectivity index (χ1n) is 10.8. The molecule has 168 valence electrons. The summed E-state index contributed by atoms with van der Waals surface area (Å²) in [5.41, 5.74) is 0. The Morgan fingerprint density at radius 3 is 2.28 bits per heavy atom. The lowest BCUT2D eigenvalue weighted by Gasteiger charge is -2.45. The zero-order valence-corrected chi connectivity index (χ0v) is 19.2. The van der Waals surface area contributed by atoms with E-state index in [1.807, 2.05) is 0 Å². The highest BCUT2D eigenvalue weighted by atomic mass is 35.6. The highest BCUT2D eigenvalue weighted by Crippen LogP contribution is 2.34. The summed E-state index contributed by atoms with van der Waals surface area (Å²) in [5.74, 6) is 0.0222. The molecular weight excluding hydrogens is 437 g/mol. The topological polar surface area (TPSA) is 88.7 Å². The molecule has 0 amide bonds. The van der Waals surface area contributed by atoms with Crippen LogP contribution in [0.25, 0.3) is 0 Å². The maximum absolute atomic E-state index is 11.2. The van der Waals surface area contributed by atoms with Gasteiger partial charge < -0.3 is 10.0 Å². The zero-order chi connectivity index (χ0) is 21.0. The zero-order valence-electron chi connectivity index (χ0n) is 17.0. The van der Waals surface area contributed by atoms with Crippen molar-refractivity contribution in [2.24, 2.45) is 17.8 Å². The van der Waals surface area contributed by atoms with Gasteiger partial charge in [-0.2, -0.15) is 0 Å². The van der Waals surface area contributed by atoms with Gasteiger partial charge in [0.05, 0.1) is 12.1 Å². The molecule has 0 aromatic heterocycles. The molecule has 10 heteroatoms. The molecule has 0 aromatic carbocycles. The molecule has 1 aliphatic carbocycles. The Labute approximate surface area is 188 Å². The number of piperidine rings is 1. The summed E-state index contributed by atoms with van der Waals surface area (Å²) in [6.07, 6.45) is 4.78. The number of carboxylic acid groups (broad SMARTS) is 1. The van der Waals surface area contributed by atoms with Crippen LogP contribution < -0.4 is 21.3 Å². The normalized spacial score (nSPS) is 35.5. The molecule has 0 bridgehead atoms. The van der Waals surface area contributed by atoms with E-state index in [2.05, 4.69) is 33.1 Å². The van der Waals surface area contributed by atoms with E-state index in [0.29, 0.717) is 24.7 Å². The number of hydrogen-bond donors (Lipinski definition) is 5. The van der Waals surface area contributed by atoms with E-state index >= 15 is 0 Å². The standard InChI is InChI=1S/C19H34Cl3N5O2/c1-2-27-9-7-12(8-10-27)11-23-18-25-15(24-17(26-18)19(20,21)22)13-3-5-14(6-4-13)16(28)29/h12-15,17-18,23-26H,2-11H2,1H3,(H,28,29). The van der Waals surface area contributed by atoms with Crippen molar-refractivity contribution in [2.75, 3.05) is 26.2 Å². The van der Waals surface area contributed by atoms with Crippen LogP contribution in [0.15, 0.2) is 0 Å². The number of nitrogens with one attached hydrogen (secondary N) is 4. The fraction of sp³-hybridized carbons (Fsp3) is 0.947. The molecule has 7 nitrogen and oxygen atoms in total. The second kappa shape index (κ2) is 10.6. The Morgan fingerprint density at radius 1 is 1.07 bits per heavy atom. The molecule has 3 rings (SSSR count). The number of alkyl halides is 3. The quantitative estimate of drug-likeness (QED) is 0.381. The van der Waals surface area contributed by atoms with Gasteiger partial charge in [0, 0.05) is 6.54 Å². The molecule has 29 heavy (non-hydrogen) atoms. The van der Waals surface area contributed by atoms with Crippen LogP contribution in [0.3, 0.4) is 0 Å². The molecule has 3 fully saturated rings. The van der Waals surface area contributed by atoms with Crippen molar-refractivity contribution in [2.45, 2.75) is 67.9 Å². The molecule has 2 aliphatic heterocycles. The van der Waals surface area contributed by atoms with Crippen molar-refractivity contribution in [3.05, 3.63) is 0 Å². The molecule has 3 atom stereocenters. The van der Waals surface area contributed by atoms with Crippen molar-refractivity contribution in [3.8, 4) is 0 Å². The summed E-state index contributed by atoms with van der Waals surface area (Å²) in [6.45, 7) is 6.55. The van der Waals surface area contributed by atoms with E-state index in [4.69, 9.17) is 34.8 Å². The number of carboxylic acids is 1. The maximum Gasteiger partial charge on any atom is 0.306 e. The molecule has 5 N–H and O–H groups in total. The fourth-order valence-corrected chi connectivity index (χ4v) is 5.12. The van der Waals surface area contributed by atoms with E-state index < -0.39 is 15.9 Å². The lowest BCUT2D eigenvalue weighted by molar-refractivity contribution is -0.143. The average Bonchev–Trinajstić information content (AvgIpc) is 2.72. The van der Waals surface area contributed by atoms with Gasteiger partial charge in [0.2, 0.25) is 3.79 Å². The molecule has 1 saturated carbocycles. The van der Waals surface area contributed by atoms with Gasteiger partial charge in [0.25, 0.3) is 0 Å². The minimum Gasteiger partial charge on any atom is -0.481 e. The molecular formula is C19H34Cl3N5O2. The van der Waals surface area contributed by atoms with Crippen molar-refractivity contribution in [1.82, 2.24) is 26.2 Å². The third kappa shape index (κ3) is 6.81. The van der Waals surface area contributed by atoms with Gasteiger partial charge in [0.15, 0.2) is 0 Å². The van der Waals surface area contributed by atoms with Gasteiger partial charge in [0.1, 0.15) is 12.5 Å². The summed E-state index contributed by atoms with van der Waals surface area (Å²) in [4.78, 5) is 13.7. The van der Waals surface area contributed by atoms with Crippen molar-refractivity contribution >= 4 is 40.8 Å². The monoisotopic (exact) mass is 469 g/mol. The van der Waals surface area contributed by atoms with E-state index in [0.717, 1.165) is 39.0 Å². The Kier molecular flexibility index (Phi) is 8.73. The van der Waals surface area contributed by atoms with Crippen LogP contribution in [0.1, 0.15) is 45.4 Å². The minimum atomic E-state index is -1.48. The maximum atomic E-state index is 11.2. The summed E-state index contributed by atoms with van der Waals surface area (Å²) in [6, 6.07) is 0. The van der Waals surface area contributed by atoms with Crippen LogP contribution in [0.5, 0.6) is 0 Å². The predicted molar refractivity (Wildman–Crippen MR) is 117 cm³/mol. The van der Waals surface area contributed by atoms with E-state index in [-0.39, 0.29) is 18.4 Å². The third-order valence-electron chi connectivity index (χ3n) is 6.71. The number of nitrogens with zero attached hydrogens (tertiary/aromatic N) is 1. The van der Waals surface area contributed by atoms with Crippen molar-refractivity contribution < 1.29 is 9.90 Å². The number of halogens is 3. The summed E-state index contributed by atoms with van der Waals surface area (Å²) in [7, 11) is 0. The summed E-state index contributed by atoms with van der Waals surface area (Å²) in [5, 5.41) is 23.1. The van der Waals surface area contributed by atoms with E-state index in [1.54, 1.807) is 0 Å². The van der Waals surface area contributed by atoms with E-state index in [9.17, 15) is 9.90 Å². The predicted octanol–water partition coefficient (Wildman–Crippen LogP) is 2.29. The first kappa shape index (κ1) is 23.8. The SMILES string of the molecule is CCN1CCC(CNC2NC(C3CCC(C(=O)O)CC3)NC(C(Cl)(Cl)Cl)N2)CC1.